The average molecular weight is 348 g/mol. The molecule has 1 atom stereocenters. The Morgan fingerprint density at radius 2 is 2.09 bits per heavy atom. The summed E-state index contributed by atoms with van der Waals surface area (Å²) in [5.74, 6) is 0.820. The number of nitrogens with zero attached hydrogens (tertiary/aromatic N) is 1. The molecule has 6 heteroatoms. The van der Waals surface area contributed by atoms with Crippen LogP contribution in [0, 0.1) is 5.92 Å². The Labute approximate surface area is 143 Å². The van der Waals surface area contributed by atoms with Gasteiger partial charge in [0.1, 0.15) is 10.8 Å². The van der Waals surface area contributed by atoms with E-state index in [2.05, 4.69) is 23.8 Å². The molecule has 3 N–H and O–H groups in total. The van der Waals surface area contributed by atoms with Crippen molar-refractivity contribution in [2.24, 2.45) is 11.7 Å². The van der Waals surface area contributed by atoms with E-state index in [1.54, 1.807) is 6.07 Å². The van der Waals surface area contributed by atoms with Crippen molar-refractivity contribution >= 4 is 51.1 Å². The number of benzene rings is 1. The molecule has 0 aliphatic heterocycles. The molecule has 3 rings (SSSR count). The molecule has 0 bridgehead atoms. The molecular formula is C17H18ClN3OS. The Bertz CT molecular complexity index is 875. The highest BCUT2D eigenvalue weighted by atomic mass is 35.5. The van der Waals surface area contributed by atoms with Crippen LogP contribution in [0.25, 0.3) is 21.9 Å². The predicted octanol–water partition coefficient (Wildman–Crippen LogP) is 4.23. The molecule has 0 saturated carbocycles. The van der Waals surface area contributed by atoms with E-state index in [0.717, 1.165) is 21.9 Å². The van der Waals surface area contributed by atoms with E-state index in [-0.39, 0.29) is 11.2 Å². The Balaban J connectivity index is 1.90. The topological polar surface area (TPSA) is 71.8 Å². The molecule has 0 aliphatic carbocycles. The molecule has 0 saturated heterocycles. The van der Waals surface area contributed by atoms with Crippen LogP contribution >= 0.6 is 23.4 Å². The first-order chi connectivity index (χ1) is 11.0. The lowest BCUT2D eigenvalue weighted by atomic mass is 10.1. The number of halogens is 1. The fourth-order valence-corrected chi connectivity index (χ4v) is 3.42. The normalized spacial score (nSPS) is 13.1. The molecular weight excluding hydrogens is 330 g/mol. The molecule has 4 nitrogen and oxygen atoms in total. The smallest absolute Gasteiger partial charge is 0.172 e. The summed E-state index contributed by atoms with van der Waals surface area (Å²) < 4.78 is 0. The molecule has 2 heterocycles. The van der Waals surface area contributed by atoms with Crippen LogP contribution in [0.3, 0.4) is 0 Å². The number of aromatic nitrogens is 2. The fraction of sp³-hybridized carbons (Fsp3) is 0.294. The zero-order valence-corrected chi connectivity index (χ0v) is 14.5. The van der Waals surface area contributed by atoms with Crippen molar-refractivity contribution in [3.05, 3.63) is 41.0 Å². The third-order valence-electron chi connectivity index (χ3n) is 3.81. The third-order valence-corrected chi connectivity index (χ3v) is 5.38. The van der Waals surface area contributed by atoms with Crippen LogP contribution in [0.2, 0.25) is 5.15 Å². The zero-order valence-electron chi connectivity index (χ0n) is 13.0. The van der Waals surface area contributed by atoms with Gasteiger partial charge in [-0.3, -0.25) is 4.79 Å². The summed E-state index contributed by atoms with van der Waals surface area (Å²) in [4.78, 5) is 19.9. The number of hydrogen-bond donors (Lipinski definition) is 2. The second-order valence-electron chi connectivity index (χ2n) is 5.86. The number of ketones is 1. The van der Waals surface area contributed by atoms with Crippen LogP contribution in [0.15, 0.2) is 30.3 Å². The summed E-state index contributed by atoms with van der Waals surface area (Å²) in [7, 11) is 0. The minimum Gasteiger partial charge on any atom is -0.339 e. The molecule has 0 radical (unpaired) electrons. The Hall–Kier alpha value is -1.56. The highest BCUT2D eigenvalue weighted by Crippen LogP contribution is 2.27. The molecule has 0 fully saturated rings. The van der Waals surface area contributed by atoms with E-state index < -0.39 is 0 Å². The highest BCUT2D eigenvalue weighted by Gasteiger charge is 2.14. The van der Waals surface area contributed by atoms with Gasteiger partial charge in [0.05, 0.1) is 11.1 Å². The lowest BCUT2D eigenvalue weighted by Crippen LogP contribution is -2.24. The summed E-state index contributed by atoms with van der Waals surface area (Å²) >= 11 is 7.42. The Morgan fingerprint density at radius 3 is 2.83 bits per heavy atom. The van der Waals surface area contributed by atoms with Gasteiger partial charge in [0.15, 0.2) is 5.78 Å². The number of carbonyl (C=O) groups excluding carboxylic acids is 1. The highest BCUT2D eigenvalue weighted by molar-refractivity contribution is 8.00. The minimum atomic E-state index is -0.0258. The van der Waals surface area contributed by atoms with Gasteiger partial charge in [-0.05, 0) is 36.2 Å². The number of carbonyl (C=O) groups is 1. The first-order valence-corrected chi connectivity index (χ1v) is 8.87. The number of thioether (sulfide) groups is 1. The fourth-order valence-electron chi connectivity index (χ4n) is 2.37. The minimum absolute atomic E-state index is 0.0258. The zero-order chi connectivity index (χ0) is 16.6. The van der Waals surface area contributed by atoms with Crippen molar-refractivity contribution < 1.29 is 4.79 Å². The monoisotopic (exact) mass is 347 g/mol. The van der Waals surface area contributed by atoms with Crippen LogP contribution < -0.4 is 5.73 Å². The van der Waals surface area contributed by atoms with Crippen molar-refractivity contribution in [1.82, 2.24) is 9.97 Å². The summed E-state index contributed by atoms with van der Waals surface area (Å²) in [6, 6.07) is 9.33. The van der Waals surface area contributed by atoms with Gasteiger partial charge in [0, 0.05) is 21.9 Å². The van der Waals surface area contributed by atoms with Crippen molar-refractivity contribution in [2.45, 2.75) is 19.2 Å². The predicted molar refractivity (Wildman–Crippen MR) is 98.2 cm³/mol. The van der Waals surface area contributed by atoms with E-state index in [4.69, 9.17) is 17.3 Å². The first-order valence-electron chi connectivity index (χ1n) is 7.44. The first kappa shape index (κ1) is 16.3. The van der Waals surface area contributed by atoms with E-state index in [1.165, 1.54) is 11.8 Å². The molecule has 23 heavy (non-hydrogen) atoms. The molecule has 3 aromatic rings. The maximum Gasteiger partial charge on any atom is 0.172 e. The van der Waals surface area contributed by atoms with Gasteiger partial charge in [-0.25, -0.2) is 4.98 Å². The molecule has 0 amide bonds. The molecule has 1 unspecified atom stereocenters. The number of Topliss-reactive ketones (excluding diaryl/α,β-unsaturated/α-hetero) is 1. The third kappa shape index (κ3) is 3.37. The Morgan fingerprint density at radius 1 is 1.30 bits per heavy atom. The summed E-state index contributed by atoms with van der Waals surface area (Å²) in [6.45, 7) is 4.11. The molecule has 0 spiro atoms. The second kappa shape index (κ2) is 6.51. The summed E-state index contributed by atoms with van der Waals surface area (Å²) in [5.41, 5.74) is 8.35. The van der Waals surface area contributed by atoms with Crippen LogP contribution in [0.5, 0.6) is 0 Å². The van der Waals surface area contributed by atoms with Crippen LogP contribution in [0.4, 0.5) is 0 Å². The number of hydrogen-bond acceptors (Lipinski definition) is 4. The van der Waals surface area contributed by atoms with E-state index in [1.807, 2.05) is 24.3 Å². The lowest BCUT2D eigenvalue weighted by molar-refractivity contribution is 0.102. The number of aromatic amines is 1. The van der Waals surface area contributed by atoms with Gasteiger partial charge in [-0.15, -0.1) is 11.8 Å². The second-order valence-corrected chi connectivity index (χ2v) is 7.41. The maximum atomic E-state index is 12.4. The largest absolute Gasteiger partial charge is 0.339 e. The molecule has 1 aromatic carbocycles. The van der Waals surface area contributed by atoms with Crippen molar-refractivity contribution in [2.75, 3.05) is 5.75 Å². The van der Waals surface area contributed by atoms with Crippen LogP contribution in [-0.4, -0.2) is 26.9 Å². The van der Waals surface area contributed by atoms with Gasteiger partial charge in [-0.2, -0.15) is 0 Å². The van der Waals surface area contributed by atoms with E-state index in [0.29, 0.717) is 22.4 Å². The van der Waals surface area contributed by atoms with Crippen molar-refractivity contribution in [1.29, 1.82) is 0 Å². The standard InChI is InChI=1S/C17H18ClN3OS/c1-9(2)16(19)23-8-14(22)10-3-5-13-12(7-10)11-4-6-15(18)21-17(11)20-13/h3-7,9,16H,8,19H2,1-2H3,(H,20,21). The number of nitrogens with one attached hydrogen (secondary N) is 1. The quantitative estimate of drug-likeness (QED) is 0.411. The number of pyridine rings is 1. The number of rotatable bonds is 5. The Kier molecular flexibility index (Phi) is 4.62. The maximum absolute atomic E-state index is 12.4. The van der Waals surface area contributed by atoms with Crippen LogP contribution in [0.1, 0.15) is 24.2 Å². The molecule has 120 valence electrons. The van der Waals surface area contributed by atoms with Gasteiger partial charge in [-0.1, -0.05) is 25.4 Å². The number of nitrogens with two attached hydrogens (primary N) is 1. The average Bonchev–Trinajstić information content (AvgIpc) is 2.88. The van der Waals surface area contributed by atoms with Crippen LogP contribution in [-0.2, 0) is 0 Å². The van der Waals surface area contributed by atoms with E-state index >= 15 is 0 Å². The summed E-state index contributed by atoms with van der Waals surface area (Å²) in [5, 5.41) is 2.36. The van der Waals surface area contributed by atoms with E-state index in [9.17, 15) is 4.79 Å². The molecule has 0 aliphatic rings. The van der Waals surface area contributed by atoms with Gasteiger partial charge < -0.3 is 10.7 Å². The lowest BCUT2D eigenvalue weighted by Gasteiger charge is -2.14. The van der Waals surface area contributed by atoms with Gasteiger partial charge in [0.25, 0.3) is 0 Å². The summed E-state index contributed by atoms with van der Waals surface area (Å²) in [6.07, 6.45) is 0. The van der Waals surface area contributed by atoms with Crippen molar-refractivity contribution in [3.63, 3.8) is 0 Å². The van der Waals surface area contributed by atoms with Gasteiger partial charge >= 0.3 is 0 Å². The number of H-pyrrole nitrogens is 1. The SMILES string of the molecule is CC(C)C(N)SCC(=O)c1ccc2[nH]c3nc(Cl)ccc3c2c1. The molecule has 2 aromatic heterocycles. The van der Waals surface area contributed by atoms with Crippen molar-refractivity contribution in [3.8, 4) is 0 Å². The number of fused-ring (bicyclic) bond motifs is 3. The van der Waals surface area contributed by atoms with Gasteiger partial charge in [0.2, 0.25) is 0 Å².